The maximum absolute atomic E-state index is 5.81. The molecule has 4 heteroatoms. The Hall–Kier alpha value is -0.870. The second-order valence-electron chi connectivity index (χ2n) is 4.82. The molecule has 0 unspecified atom stereocenters. The van der Waals surface area contributed by atoms with Gasteiger partial charge in [0.05, 0.1) is 11.4 Å². The first-order chi connectivity index (χ1) is 7.11. The van der Waals surface area contributed by atoms with Gasteiger partial charge in [-0.05, 0) is 13.0 Å². The first-order valence-electron chi connectivity index (χ1n) is 5.57. The summed E-state index contributed by atoms with van der Waals surface area (Å²) in [5, 5.41) is 4.65. The van der Waals surface area contributed by atoms with E-state index in [1.807, 2.05) is 0 Å². The third kappa shape index (κ3) is 1.92. The van der Waals surface area contributed by atoms with Gasteiger partial charge in [0, 0.05) is 31.7 Å². The largest absolute Gasteiger partial charge is 0.325 e. The number of hydrogen-bond acceptors (Lipinski definition) is 3. The average molecular weight is 208 g/mol. The van der Waals surface area contributed by atoms with Crippen molar-refractivity contribution in [1.29, 1.82) is 0 Å². The fraction of sp³-hybridized carbons (Fsp3) is 0.727. The van der Waals surface area contributed by atoms with Crippen LogP contribution in [0.5, 0.6) is 0 Å². The molecular formula is C11H20N4. The highest BCUT2D eigenvalue weighted by Gasteiger charge is 2.24. The normalized spacial score (nSPS) is 16.3. The van der Waals surface area contributed by atoms with Gasteiger partial charge in [-0.2, -0.15) is 5.10 Å². The molecule has 1 aliphatic heterocycles. The van der Waals surface area contributed by atoms with Gasteiger partial charge in [-0.25, -0.2) is 0 Å². The van der Waals surface area contributed by atoms with E-state index in [2.05, 4.69) is 35.6 Å². The molecule has 0 bridgehead atoms. The third-order valence-corrected chi connectivity index (χ3v) is 2.83. The van der Waals surface area contributed by atoms with Crippen LogP contribution in [0.1, 0.15) is 30.8 Å². The fourth-order valence-electron chi connectivity index (χ4n) is 2.21. The molecule has 2 heterocycles. The van der Waals surface area contributed by atoms with Crippen LogP contribution in [0.2, 0.25) is 0 Å². The van der Waals surface area contributed by atoms with E-state index in [1.54, 1.807) is 0 Å². The van der Waals surface area contributed by atoms with Gasteiger partial charge in [-0.15, -0.1) is 0 Å². The number of nitrogens with two attached hydrogens (primary N) is 1. The molecule has 2 N–H and O–H groups in total. The highest BCUT2D eigenvalue weighted by Crippen LogP contribution is 2.24. The highest BCUT2D eigenvalue weighted by molar-refractivity contribution is 5.29. The lowest BCUT2D eigenvalue weighted by Crippen LogP contribution is -2.17. The quantitative estimate of drug-likeness (QED) is 0.804. The van der Waals surface area contributed by atoms with Crippen molar-refractivity contribution < 1.29 is 0 Å². The summed E-state index contributed by atoms with van der Waals surface area (Å²) in [4.78, 5) is 2.27. The van der Waals surface area contributed by atoms with Crippen molar-refractivity contribution in [3.63, 3.8) is 0 Å². The molecule has 1 aromatic heterocycles. The van der Waals surface area contributed by atoms with E-state index in [0.29, 0.717) is 12.5 Å². The first kappa shape index (κ1) is 10.6. The Balaban J connectivity index is 2.30. The lowest BCUT2D eigenvalue weighted by molar-refractivity contribution is 0.340. The van der Waals surface area contributed by atoms with Crippen LogP contribution < -0.4 is 5.73 Å². The minimum absolute atomic E-state index is 0.600. The molecule has 0 amide bonds. The highest BCUT2D eigenvalue weighted by atomic mass is 15.3. The predicted octanol–water partition coefficient (Wildman–Crippen LogP) is 0.943. The third-order valence-electron chi connectivity index (χ3n) is 2.83. The molecule has 0 saturated carbocycles. The van der Waals surface area contributed by atoms with E-state index in [1.165, 1.54) is 17.0 Å². The van der Waals surface area contributed by atoms with Crippen LogP contribution >= 0.6 is 0 Å². The predicted molar refractivity (Wildman–Crippen MR) is 60.1 cm³/mol. The molecule has 1 aromatic rings. The molecular weight excluding hydrogens is 188 g/mol. The van der Waals surface area contributed by atoms with Gasteiger partial charge < -0.3 is 5.73 Å². The average Bonchev–Trinajstić information content (AvgIpc) is 2.59. The van der Waals surface area contributed by atoms with Crippen molar-refractivity contribution >= 4 is 0 Å². The molecule has 0 atom stereocenters. The van der Waals surface area contributed by atoms with Crippen LogP contribution in [0.4, 0.5) is 0 Å². The number of hydrogen-bond donors (Lipinski definition) is 1. The van der Waals surface area contributed by atoms with Gasteiger partial charge in [-0.3, -0.25) is 9.58 Å². The Bertz CT molecular complexity index is 354. The Morgan fingerprint density at radius 1 is 1.40 bits per heavy atom. The molecule has 4 nitrogen and oxygen atoms in total. The SMILES string of the molecule is CC(C)Cn1nc2c(c1CN)CN(C)C2. The van der Waals surface area contributed by atoms with Crippen LogP contribution in [-0.2, 0) is 26.2 Å². The molecule has 1 aliphatic rings. The summed E-state index contributed by atoms with van der Waals surface area (Å²) in [6, 6.07) is 0. The number of nitrogens with zero attached hydrogens (tertiary/aromatic N) is 3. The van der Waals surface area contributed by atoms with Gasteiger partial charge in [-0.1, -0.05) is 13.8 Å². The molecule has 0 spiro atoms. The number of rotatable bonds is 3. The van der Waals surface area contributed by atoms with Crippen molar-refractivity contribution in [1.82, 2.24) is 14.7 Å². The van der Waals surface area contributed by atoms with Crippen molar-refractivity contribution in [3.05, 3.63) is 17.0 Å². The van der Waals surface area contributed by atoms with Gasteiger partial charge >= 0.3 is 0 Å². The summed E-state index contributed by atoms with van der Waals surface area (Å²) in [6.07, 6.45) is 0. The van der Waals surface area contributed by atoms with Crippen molar-refractivity contribution in [2.45, 2.75) is 40.0 Å². The van der Waals surface area contributed by atoms with Crippen molar-refractivity contribution in [2.24, 2.45) is 11.7 Å². The molecule has 2 rings (SSSR count). The maximum Gasteiger partial charge on any atom is 0.0813 e. The summed E-state index contributed by atoms with van der Waals surface area (Å²) >= 11 is 0. The van der Waals surface area contributed by atoms with Gasteiger partial charge in [0.25, 0.3) is 0 Å². The minimum Gasteiger partial charge on any atom is -0.325 e. The second kappa shape index (κ2) is 3.94. The Morgan fingerprint density at radius 3 is 2.73 bits per heavy atom. The van der Waals surface area contributed by atoms with Crippen LogP contribution in [0.25, 0.3) is 0 Å². The molecule has 0 fully saturated rings. The summed E-state index contributed by atoms with van der Waals surface area (Å²) in [5.74, 6) is 0.619. The standard InChI is InChI=1S/C11H20N4/c1-8(2)5-15-11(4-12)9-6-14(3)7-10(9)13-15/h8H,4-7,12H2,1-3H3. The van der Waals surface area contributed by atoms with Crippen LogP contribution in [-0.4, -0.2) is 21.7 Å². The Kier molecular flexibility index (Phi) is 2.80. The summed E-state index contributed by atoms with van der Waals surface area (Å²) in [6.45, 7) is 7.96. The molecule has 84 valence electrons. The van der Waals surface area contributed by atoms with Crippen LogP contribution in [0.15, 0.2) is 0 Å². The van der Waals surface area contributed by atoms with E-state index in [-0.39, 0.29) is 0 Å². The zero-order chi connectivity index (χ0) is 11.0. The zero-order valence-corrected chi connectivity index (χ0v) is 9.82. The van der Waals surface area contributed by atoms with Crippen molar-refractivity contribution in [2.75, 3.05) is 7.05 Å². The van der Waals surface area contributed by atoms with Gasteiger partial charge in [0.15, 0.2) is 0 Å². The van der Waals surface area contributed by atoms with E-state index >= 15 is 0 Å². The summed E-state index contributed by atoms with van der Waals surface area (Å²) < 4.78 is 2.10. The van der Waals surface area contributed by atoms with E-state index in [0.717, 1.165) is 19.6 Å². The van der Waals surface area contributed by atoms with E-state index in [4.69, 9.17) is 5.73 Å². The summed E-state index contributed by atoms with van der Waals surface area (Å²) in [7, 11) is 2.12. The minimum atomic E-state index is 0.600. The van der Waals surface area contributed by atoms with Crippen molar-refractivity contribution in [3.8, 4) is 0 Å². The van der Waals surface area contributed by atoms with Gasteiger partial charge in [0.1, 0.15) is 0 Å². The maximum atomic E-state index is 5.81. The molecule has 0 aliphatic carbocycles. The lowest BCUT2D eigenvalue weighted by Gasteiger charge is -2.12. The smallest absolute Gasteiger partial charge is 0.0813 e. The van der Waals surface area contributed by atoms with E-state index < -0.39 is 0 Å². The van der Waals surface area contributed by atoms with E-state index in [9.17, 15) is 0 Å². The molecule has 0 radical (unpaired) electrons. The molecule has 15 heavy (non-hydrogen) atoms. The van der Waals surface area contributed by atoms with Crippen LogP contribution in [0, 0.1) is 5.92 Å². The monoisotopic (exact) mass is 208 g/mol. The number of aromatic nitrogens is 2. The topological polar surface area (TPSA) is 47.1 Å². The summed E-state index contributed by atoms with van der Waals surface area (Å²) in [5.41, 5.74) is 9.62. The fourth-order valence-corrected chi connectivity index (χ4v) is 2.21. The van der Waals surface area contributed by atoms with Crippen LogP contribution in [0.3, 0.4) is 0 Å². The first-order valence-corrected chi connectivity index (χ1v) is 5.57. The zero-order valence-electron chi connectivity index (χ0n) is 9.82. The molecule has 0 saturated heterocycles. The lowest BCUT2D eigenvalue weighted by atomic mass is 10.2. The van der Waals surface area contributed by atoms with Gasteiger partial charge in [0.2, 0.25) is 0 Å². The Labute approximate surface area is 91.1 Å². The number of fused-ring (bicyclic) bond motifs is 1. The molecule has 0 aromatic carbocycles. The Morgan fingerprint density at radius 2 is 2.13 bits per heavy atom. The second-order valence-corrected chi connectivity index (χ2v) is 4.82.